The fourth-order valence-corrected chi connectivity index (χ4v) is 5.69. The lowest BCUT2D eigenvalue weighted by Crippen LogP contribution is -2.40. The second-order valence-electron chi connectivity index (χ2n) is 8.38. The van der Waals surface area contributed by atoms with Crippen LogP contribution in [-0.4, -0.2) is 45.1 Å². The van der Waals surface area contributed by atoms with Crippen LogP contribution in [0.2, 0.25) is 5.02 Å². The van der Waals surface area contributed by atoms with Gasteiger partial charge in [0, 0.05) is 0 Å². The summed E-state index contributed by atoms with van der Waals surface area (Å²) in [5, 5.41) is 0.439. The number of aromatic nitrogens is 1. The van der Waals surface area contributed by atoms with E-state index in [2.05, 4.69) is 4.99 Å². The Morgan fingerprint density at radius 3 is 2.31 bits per heavy atom. The standard InChI is InChI=1S/C28H29ClN2O7S/c1-7-37-19-10-9-16(11-18(19)29)12-22-26(32)31-24(17-13-20(34-4)25(36-6)21(14-17)35-5)23(27(33)38-8-2)15(3)30-28(31)39-22/h9-14,24H,7-8H2,1-6H3/b22-12-/t24-/m1/s1. The fourth-order valence-electron chi connectivity index (χ4n) is 4.40. The van der Waals surface area contributed by atoms with Gasteiger partial charge in [-0.1, -0.05) is 29.0 Å². The summed E-state index contributed by atoms with van der Waals surface area (Å²) >= 11 is 7.58. The van der Waals surface area contributed by atoms with Gasteiger partial charge in [-0.3, -0.25) is 9.36 Å². The molecular formula is C28H29ClN2O7S. The van der Waals surface area contributed by atoms with Crippen molar-refractivity contribution in [3.8, 4) is 23.0 Å². The largest absolute Gasteiger partial charge is 0.493 e. The maximum Gasteiger partial charge on any atom is 0.338 e. The van der Waals surface area contributed by atoms with E-state index in [1.165, 1.54) is 37.2 Å². The lowest BCUT2D eigenvalue weighted by molar-refractivity contribution is -0.139. The van der Waals surface area contributed by atoms with Crippen LogP contribution in [0.25, 0.3) is 6.08 Å². The molecule has 3 aromatic rings. The molecule has 1 aromatic heterocycles. The molecule has 9 nitrogen and oxygen atoms in total. The zero-order valence-electron chi connectivity index (χ0n) is 22.5. The Hall–Kier alpha value is -3.76. The fraction of sp³-hybridized carbons (Fsp3) is 0.321. The molecule has 11 heteroatoms. The molecule has 1 aliphatic heterocycles. The van der Waals surface area contributed by atoms with Gasteiger partial charge >= 0.3 is 5.97 Å². The first kappa shape index (κ1) is 28.3. The van der Waals surface area contributed by atoms with Crippen molar-refractivity contribution in [1.82, 2.24) is 4.57 Å². The number of hydrogen-bond acceptors (Lipinski definition) is 9. The maximum atomic E-state index is 13.9. The number of nitrogens with zero attached hydrogens (tertiary/aromatic N) is 2. The first-order valence-electron chi connectivity index (χ1n) is 12.2. The first-order chi connectivity index (χ1) is 18.8. The van der Waals surface area contributed by atoms with Gasteiger partial charge in [0.15, 0.2) is 16.3 Å². The van der Waals surface area contributed by atoms with Gasteiger partial charge in [0.05, 0.1) is 61.4 Å². The number of rotatable bonds is 9. The number of benzene rings is 2. The second kappa shape index (κ2) is 12.0. The smallest absolute Gasteiger partial charge is 0.338 e. The van der Waals surface area contributed by atoms with Crippen molar-refractivity contribution in [2.24, 2.45) is 4.99 Å². The van der Waals surface area contributed by atoms with E-state index in [9.17, 15) is 9.59 Å². The van der Waals surface area contributed by atoms with Crippen LogP contribution in [0, 0.1) is 0 Å². The van der Waals surface area contributed by atoms with Crippen molar-refractivity contribution in [2.45, 2.75) is 26.8 Å². The molecule has 0 radical (unpaired) electrons. The highest BCUT2D eigenvalue weighted by Gasteiger charge is 2.34. The molecule has 0 N–H and O–H groups in total. The molecule has 0 aliphatic carbocycles. The molecule has 0 fully saturated rings. The van der Waals surface area contributed by atoms with E-state index < -0.39 is 12.0 Å². The molecule has 2 heterocycles. The van der Waals surface area contributed by atoms with Gasteiger partial charge in [0.1, 0.15) is 5.75 Å². The van der Waals surface area contributed by atoms with Crippen molar-refractivity contribution in [3.63, 3.8) is 0 Å². The number of carbonyl (C=O) groups excluding carboxylic acids is 1. The van der Waals surface area contributed by atoms with Crippen LogP contribution in [0.3, 0.4) is 0 Å². The number of carbonyl (C=O) groups is 1. The topological polar surface area (TPSA) is 97.6 Å². The normalized spacial score (nSPS) is 14.9. The van der Waals surface area contributed by atoms with E-state index in [0.29, 0.717) is 55.2 Å². The molecule has 1 atom stereocenters. The predicted molar refractivity (Wildman–Crippen MR) is 149 cm³/mol. The summed E-state index contributed by atoms with van der Waals surface area (Å²) in [6, 6.07) is 7.90. The molecule has 0 amide bonds. The molecular weight excluding hydrogens is 544 g/mol. The minimum atomic E-state index is -0.847. The third-order valence-corrected chi connectivity index (χ3v) is 7.35. The summed E-state index contributed by atoms with van der Waals surface area (Å²) < 4.78 is 29.4. The lowest BCUT2D eigenvalue weighted by atomic mass is 9.95. The minimum Gasteiger partial charge on any atom is -0.493 e. The SMILES string of the molecule is CCOC(=O)C1=C(C)N=c2s/c(=C\c3ccc(OCC)c(Cl)c3)c(=O)n2[C@@H]1c1cc(OC)c(OC)c(OC)c1. The van der Waals surface area contributed by atoms with Crippen molar-refractivity contribution in [2.75, 3.05) is 34.5 Å². The summed E-state index contributed by atoms with van der Waals surface area (Å²) in [5.41, 5.74) is 1.66. The third-order valence-electron chi connectivity index (χ3n) is 6.07. The highest BCUT2D eigenvalue weighted by molar-refractivity contribution is 7.07. The Morgan fingerprint density at radius 2 is 1.74 bits per heavy atom. The van der Waals surface area contributed by atoms with Crippen LogP contribution in [0.1, 0.15) is 37.9 Å². The van der Waals surface area contributed by atoms with Gasteiger partial charge in [-0.15, -0.1) is 0 Å². The molecule has 206 valence electrons. The molecule has 2 aromatic carbocycles. The quantitative estimate of drug-likeness (QED) is 0.359. The van der Waals surface area contributed by atoms with Crippen molar-refractivity contribution < 1.29 is 28.5 Å². The minimum absolute atomic E-state index is 0.167. The maximum absolute atomic E-state index is 13.9. The Labute approximate surface area is 234 Å². The molecule has 39 heavy (non-hydrogen) atoms. The summed E-state index contributed by atoms with van der Waals surface area (Å²) in [6.45, 7) is 5.98. The molecule has 4 rings (SSSR count). The average molecular weight is 573 g/mol. The van der Waals surface area contributed by atoms with Crippen LogP contribution in [0.5, 0.6) is 23.0 Å². The molecule has 0 bridgehead atoms. The Bertz CT molecular complexity index is 1600. The van der Waals surface area contributed by atoms with E-state index in [1.54, 1.807) is 44.2 Å². The van der Waals surface area contributed by atoms with Crippen LogP contribution < -0.4 is 33.8 Å². The van der Waals surface area contributed by atoms with Crippen molar-refractivity contribution in [3.05, 3.63) is 77.4 Å². The summed E-state index contributed by atoms with van der Waals surface area (Å²) in [6.07, 6.45) is 1.74. The Kier molecular flexibility index (Phi) is 8.66. The number of ether oxygens (including phenoxy) is 5. The van der Waals surface area contributed by atoms with Crippen LogP contribution in [0.15, 0.2) is 51.4 Å². The van der Waals surface area contributed by atoms with Gasteiger partial charge in [-0.2, -0.15) is 0 Å². The monoisotopic (exact) mass is 572 g/mol. The molecule has 1 aliphatic rings. The van der Waals surface area contributed by atoms with Gasteiger partial charge < -0.3 is 23.7 Å². The first-order valence-corrected chi connectivity index (χ1v) is 13.4. The van der Waals surface area contributed by atoms with E-state index in [-0.39, 0.29) is 17.7 Å². The van der Waals surface area contributed by atoms with Gasteiger partial charge in [0.2, 0.25) is 5.75 Å². The van der Waals surface area contributed by atoms with Gasteiger partial charge in [-0.05, 0) is 62.2 Å². The van der Waals surface area contributed by atoms with Crippen molar-refractivity contribution in [1.29, 1.82) is 0 Å². The van der Waals surface area contributed by atoms with Crippen LogP contribution in [0.4, 0.5) is 0 Å². The van der Waals surface area contributed by atoms with E-state index in [1.807, 2.05) is 13.0 Å². The Balaban J connectivity index is 1.97. The summed E-state index contributed by atoms with van der Waals surface area (Å²) in [5.74, 6) is 1.16. The van der Waals surface area contributed by atoms with Crippen LogP contribution >= 0.6 is 22.9 Å². The number of methoxy groups -OCH3 is 3. The number of allylic oxidation sites excluding steroid dienone is 1. The number of esters is 1. The Morgan fingerprint density at radius 1 is 1.05 bits per heavy atom. The van der Waals surface area contributed by atoms with E-state index in [0.717, 1.165) is 5.56 Å². The zero-order chi connectivity index (χ0) is 28.3. The number of hydrogen-bond donors (Lipinski definition) is 0. The predicted octanol–water partition coefficient (Wildman–Crippen LogP) is 3.88. The van der Waals surface area contributed by atoms with Gasteiger partial charge in [0.25, 0.3) is 5.56 Å². The second-order valence-corrected chi connectivity index (χ2v) is 9.80. The lowest BCUT2D eigenvalue weighted by Gasteiger charge is -2.26. The summed E-state index contributed by atoms with van der Waals surface area (Å²) in [7, 11) is 4.51. The molecule has 0 saturated heterocycles. The zero-order valence-corrected chi connectivity index (χ0v) is 24.1. The summed E-state index contributed by atoms with van der Waals surface area (Å²) in [4.78, 5) is 32.1. The van der Waals surface area contributed by atoms with E-state index >= 15 is 0 Å². The highest BCUT2D eigenvalue weighted by atomic mass is 35.5. The number of fused-ring (bicyclic) bond motifs is 1. The van der Waals surface area contributed by atoms with E-state index in [4.69, 9.17) is 35.3 Å². The number of thiazole rings is 1. The average Bonchev–Trinajstić information content (AvgIpc) is 3.22. The molecule has 0 spiro atoms. The molecule has 0 unspecified atom stereocenters. The number of halogens is 1. The van der Waals surface area contributed by atoms with Crippen molar-refractivity contribution >= 4 is 35.0 Å². The molecule has 0 saturated carbocycles. The third kappa shape index (κ3) is 5.39. The highest BCUT2D eigenvalue weighted by Crippen LogP contribution is 2.42. The van der Waals surface area contributed by atoms with Gasteiger partial charge in [-0.25, -0.2) is 9.79 Å². The van der Waals surface area contributed by atoms with Crippen LogP contribution in [-0.2, 0) is 9.53 Å².